The first-order chi connectivity index (χ1) is 8.72. The molecule has 0 spiro atoms. The third kappa shape index (κ3) is 2.49. The van der Waals surface area contributed by atoms with Gasteiger partial charge in [0.05, 0.1) is 0 Å². The minimum absolute atomic E-state index is 0.364. The number of pyridine rings is 1. The molecule has 90 valence electrons. The number of aromatic nitrogens is 1. The first-order valence-electron chi connectivity index (χ1n) is 5.75. The van der Waals surface area contributed by atoms with Gasteiger partial charge in [-0.2, -0.15) is 5.26 Å². The van der Waals surface area contributed by atoms with Gasteiger partial charge in [-0.05, 0) is 31.0 Å². The molecule has 18 heavy (non-hydrogen) atoms. The number of hydrogen-bond donors (Lipinski definition) is 0. The number of hydrogen-bond acceptors (Lipinski definition) is 3. The number of nitriles is 1. The Labute approximate surface area is 107 Å². The van der Waals surface area contributed by atoms with Gasteiger partial charge in [0.15, 0.2) is 0 Å². The lowest BCUT2D eigenvalue weighted by molar-refractivity contribution is 0.301. The molecule has 0 saturated carbocycles. The largest absolute Gasteiger partial charge is 0.488 e. The van der Waals surface area contributed by atoms with Crippen molar-refractivity contribution in [2.24, 2.45) is 0 Å². The predicted molar refractivity (Wildman–Crippen MR) is 69.2 cm³/mol. The van der Waals surface area contributed by atoms with Crippen LogP contribution in [-0.4, -0.2) is 4.98 Å². The zero-order valence-electron chi connectivity index (χ0n) is 10.5. The Balaban J connectivity index is 2.20. The number of aryl methyl sites for hydroxylation is 2. The van der Waals surface area contributed by atoms with Gasteiger partial charge in [0.25, 0.3) is 0 Å². The second-order valence-electron chi connectivity index (χ2n) is 4.13. The Bertz CT molecular complexity index is 579. The molecule has 1 heterocycles. The number of benzene rings is 1. The van der Waals surface area contributed by atoms with E-state index in [0.717, 1.165) is 22.4 Å². The summed E-state index contributed by atoms with van der Waals surface area (Å²) < 4.78 is 5.80. The van der Waals surface area contributed by atoms with E-state index in [9.17, 15) is 0 Å². The van der Waals surface area contributed by atoms with E-state index in [2.05, 4.69) is 11.1 Å². The van der Waals surface area contributed by atoms with Gasteiger partial charge in [-0.25, -0.2) is 4.98 Å². The van der Waals surface area contributed by atoms with Gasteiger partial charge in [0, 0.05) is 11.8 Å². The summed E-state index contributed by atoms with van der Waals surface area (Å²) >= 11 is 0. The lowest BCUT2D eigenvalue weighted by Gasteiger charge is -2.12. The molecule has 0 aliphatic heterocycles. The molecule has 2 aromatic rings. The van der Waals surface area contributed by atoms with Gasteiger partial charge < -0.3 is 4.74 Å². The van der Waals surface area contributed by atoms with Crippen LogP contribution in [0.3, 0.4) is 0 Å². The highest BCUT2D eigenvalue weighted by molar-refractivity contribution is 5.40. The summed E-state index contributed by atoms with van der Waals surface area (Å²) in [6.45, 7) is 4.38. The monoisotopic (exact) mass is 238 g/mol. The molecule has 1 aromatic carbocycles. The summed E-state index contributed by atoms with van der Waals surface area (Å²) in [7, 11) is 0. The smallest absolute Gasteiger partial charge is 0.147 e. The van der Waals surface area contributed by atoms with Crippen LogP contribution in [-0.2, 0) is 6.61 Å². The normalized spacial score (nSPS) is 9.83. The highest BCUT2D eigenvalue weighted by Crippen LogP contribution is 2.23. The van der Waals surface area contributed by atoms with E-state index in [1.807, 2.05) is 44.2 Å². The molecular weight excluding hydrogens is 224 g/mol. The molecule has 2 rings (SSSR count). The molecule has 0 N–H and O–H groups in total. The van der Waals surface area contributed by atoms with Crippen LogP contribution in [0.5, 0.6) is 5.75 Å². The first-order valence-corrected chi connectivity index (χ1v) is 5.75. The quantitative estimate of drug-likeness (QED) is 0.825. The number of ether oxygens (including phenoxy) is 1. The van der Waals surface area contributed by atoms with Crippen LogP contribution < -0.4 is 4.74 Å². The average Bonchev–Trinajstić information content (AvgIpc) is 2.38. The maximum absolute atomic E-state index is 8.96. The highest BCUT2D eigenvalue weighted by atomic mass is 16.5. The Morgan fingerprint density at radius 2 is 1.89 bits per heavy atom. The molecular formula is C15H14N2O. The molecule has 0 atom stereocenters. The molecule has 1 aromatic heterocycles. The standard InChI is InChI=1S/C15H14N2O/c1-11-5-3-6-12(2)15(11)18-10-13-7-4-8-17-14(13)9-16/h3-8H,10H2,1-2H3. The van der Waals surface area contributed by atoms with Crippen molar-refractivity contribution in [3.63, 3.8) is 0 Å². The Morgan fingerprint density at radius 1 is 1.17 bits per heavy atom. The maximum atomic E-state index is 8.96. The van der Waals surface area contributed by atoms with E-state index < -0.39 is 0 Å². The molecule has 0 unspecified atom stereocenters. The van der Waals surface area contributed by atoms with E-state index >= 15 is 0 Å². The van der Waals surface area contributed by atoms with E-state index in [0.29, 0.717) is 12.3 Å². The van der Waals surface area contributed by atoms with Crippen molar-refractivity contribution in [1.29, 1.82) is 5.26 Å². The zero-order chi connectivity index (χ0) is 13.0. The van der Waals surface area contributed by atoms with Crippen molar-refractivity contribution in [1.82, 2.24) is 4.98 Å². The van der Waals surface area contributed by atoms with E-state index in [1.165, 1.54) is 0 Å². The molecule has 0 amide bonds. The zero-order valence-corrected chi connectivity index (χ0v) is 10.5. The Morgan fingerprint density at radius 3 is 2.56 bits per heavy atom. The van der Waals surface area contributed by atoms with Crippen molar-refractivity contribution >= 4 is 0 Å². The van der Waals surface area contributed by atoms with Gasteiger partial charge in [0.1, 0.15) is 24.1 Å². The molecule has 0 fully saturated rings. The fourth-order valence-electron chi connectivity index (χ4n) is 1.83. The Hall–Kier alpha value is -2.34. The number of para-hydroxylation sites is 1. The lowest BCUT2D eigenvalue weighted by atomic mass is 10.1. The molecule has 0 aliphatic rings. The minimum Gasteiger partial charge on any atom is -0.488 e. The number of nitrogens with zero attached hydrogens (tertiary/aromatic N) is 2. The summed E-state index contributed by atoms with van der Waals surface area (Å²) in [5.74, 6) is 0.880. The van der Waals surface area contributed by atoms with Gasteiger partial charge >= 0.3 is 0 Å². The van der Waals surface area contributed by atoms with E-state index in [4.69, 9.17) is 10.00 Å². The third-order valence-electron chi connectivity index (χ3n) is 2.78. The van der Waals surface area contributed by atoms with Gasteiger partial charge in [-0.1, -0.05) is 24.3 Å². The van der Waals surface area contributed by atoms with Gasteiger partial charge in [0.2, 0.25) is 0 Å². The van der Waals surface area contributed by atoms with Crippen molar-refractivity contribution in [3.8, 4) is 11.8 Å². The second kappa shape index (κ2) is 5.33. The van der Waals surface area contributed by atoms with Crippen molar-refractivity contribution < 1.29 is 4.74 Å². The molecule has 3 heteroatoms. The summed E-state index contributed by atoms with van der Waals surface area (Å²) in [6.07, 6.45) is 1.61. The fourth-order valence-corrected chi connectivity index (χ4v) is 1.83. The molecule has 0 saturated heterocycles. The molecule has 3 nitrogen and oxygen atoms in total. The SMILES string of the molecule is Cc1cccc(C)c1OCc1cccnc1C#N. The van der Waals surface area contributed by atoms with Crippen LogP contribution in [0.2, 0.25) is 0 Å². The van der Waals surface area contributed by atoms with E-state index in [-0.39, 0.29) is 0 Å². The van der Waals surface area contributed by atoms with Crippen LogP contribution in [0.1, 0.15) is 22.4 Å². The van der Waals surface area contributed by atoms with Crippen LogP contribution in [0.25, 0.3) is 0 Å². The summed E-state index contributed by atoms with van der Waals surface area (Å²) in [4.78, 5) is 4.01. The third-order valence-corrected chi connectivity index (χ3v) is 2.78. The van der Waals surface area contributed by atoms with Crippen LogP contribution in [0.4, 0.5) is 0 Å². The van der Waals surface area contributed by atoms with Gasteiger partial charge in [-0.3, -0.25) is 0 Å². The van der Waals surface area contributed by atoms with Gasteiger partial charge in [-0.15, -0.1) is 0 Å². The van der Waals surface area contributed by atoms with Crippen LogP contribution in [0.15, 0.2) is 36.5 Å². The number of rotatable bonds is 3. The minimum atomic E-state index is 0.364. The van der Waals surface area contributed by atoms with E-state index in [1.54, 1.807) is 6.20 Å². The second-order valence-corrected chi connectivity index (χ2v) is 4.13. The van der Waals surface area contributed by atoms with Crippen molar-refractivity contribution in [2.45, 2.75) is 20.5 Å². The molecule has 0 bridgehead atoms. The first kappa shape index (κ1) is 12.1. The highest BCUT2D eigenvalue weighted by Gasteiger charge is 2.06. The Kier molecular flexibility index (Phi) is 3.59. The summed E-state index contributed by atoms with van der Waals surface area (Å²) in [5.41, 5.74) is 3.42. The summed E-state index contributed by atoms with van der Waals surface area (Å²) in [5, 5.41) is 8.96. The summed E-state index contributed by atoms with van der Waals surface area (Å²) in [6, 6.07) is 11.8. The average molecular weight is 238 g/mol. The topological polar surface area (TPSA) is 45.9 Å². The predicted octanol–water partition coefficient (Wildman–Crippen LogP) is 3.15. The van der Waals surface area contributed by atoms with Crippen LogP contribution in [0, 0.1) is 25.2 Å². The molecule has 0 aliphatic carbocycles. The molecule has 0 radical (unpaired) electrons. The fraction of sp³-hybridized carbons (Fsp3) is 0.200. The maximum Gasteiger partial charge on any atom is 0.147 e. The van der Waals surface area contributed by atoms with Crippen molar-refractivity contribution in [3.05, 3.63) is 58.9 Å². The van der Waals surface area contributed by atoms with Crippen LogP contribution >= 0.6 is 0 Å². The van der Waals surface area contributed by atoms with Crippen molar-refractivity contribution in [2.75, 3.05) is 0 Å². The lowest BCUT2D eigenvalue weighted by Crippen LogP contribution is -2.02.